The summed E-state index contributed by atoms with van der Waals surface area (Å²) in [7, 11) is 0. The van der Waals surface area contributed by atoms with Crippen LogP contribution in [0.15, 0.2) is 36.9 Å². The van der Waals surface area contributed by atoms with Crippen molar-refractivity contribution in [3.05, 3.63) is 47.5 Å². The van der Waals surface area contributed by atoms with Crippen molar-refractivity contribution < 1.29 is 0 Å². The van der Waals surface area contributed by atoms with Gasteiger partial charge in [0.2, 0.25) is 0 Å². The van der Waals surface area contributed by atoms with Gasteiger partial charge in [-0.2, -0.15) is 0 Å². The molecule has 1 heterocycles. The molecule has 0 saturated heterocycles. The minimum absolute atomic E-state index is 0.699. The molecule has 1 aliphatic carbocycles. The minimum atomic E-state index is 0.699. The highest BCUT2D eigenvalue weighted by Gasteiger charge is 2.20. The van der Waals surface area contributed by atoms with E-state index in [1.165, 1.54) is 18.4 Å². The summed E-state index contributed by atoms with van der Waals surface area (Å²) in [4.78, 5) is 4.08. The van der Waals surface area contributed by atoms with Crippen molar-refractivity contribution in [2.45, 2.75) is 25.4 Å². The third-order valence-electron chi connectivity index (χ3n) is 2.98. The molecule has 3 rings (SSSR count). The highest BCUT2D eigenvalue weighted by Crippen LogP contribution is 2.23. The molecule has 1 aromatic carbocycles. The molecule has 1 fully saturated rings. The average molecular weight is 248 g/mol. The summed E-state index contributed by atoms with van der Waals surface area (Å²) < 4.78 is 2.01. The van der Waals surface area contributed by atoms with Crippen molar-refractivity contribution in [1.29, 1.82) is 0 Å². The van der Waals surface area contributed by atoms with Crippen molar-refractivity contribution in [3.63, 3.8) is 0 Å². The Balaban J connectivity index is 1.89. The van der Waals surface area contributed by atoms with E-state index in [-0.39, 0.29) is 0 Å². The third kappa shape index (κ3) is 2.51. The van der Waals surface area contributed by atoms with E-state index in [1.807, 2.05) is 35.3 Å². The van der Waals surface area contributed by atoms with Crippen LogP contribution in [-0.4, -0.2) is 15.6 Å². The molecule has 2 aromatic rings. The van der Waals surface area contributed by atoms with Gasteiger partial charge in [-0.15, -0.1) is 0 Å². The fourth-order valence-corrected chi connectivity index (χ4v) is 2.09. The van der Waals surface area contributed by atoms with Gasteiger partial charge >= 0.3 is 0 Å². The maximum atomic E-state index is 6.06. The molecule has 0 bridgehead atoms. The van der Waals surface area contributed by atoms with Gasteiger partial charge in [-0.25, -0.2) is 4.98 Å². The first-order valence-corrected chi connectivity index (χ1v) is 6.21. The van der Waals surface area contributed by atoms with E-state index in [9.17, 15) is 0 Å². The molecule has 3 nitrogen and oxygen atoms in total. The number of imidazole rings is 1. The predicted molar refractivity (Wildman–Crippen MR) is 68.4 cm³/mol. The second-order valence-electron chi connectivity index (χ2n) is 4.40. The molecule has 4 heteroatoms. The molecule has 0 spiro atoms. The molecule has 0 unspecified atom stereocenters. The Bertz CT molecular complexity index is 503. The SMILES string of the molecule is Clc1ccc(-n2ccnc2)c(CNC2CC2)c1. The van der Waals surface area contributed by atoms with Crippen molar-refractivity contribution in [2.75, 3.05) is 0 Å². The van der Waals surface area contributed by atoms with Gasteiger partial charge in [0.05, 0.1) is 12.0 Å². The topological polar surface area (TPSA) is 29.9 Å². The van der Waals surface area contributed by atoms with Gasteiger partial charge in [-0.1, -0.05) is 11.6 Å². The third-order valence-corrected chi connectivity index (χ3v) is 3.22. The van der Waals surface area contributed by atoms with E-state index in [0.717, 1.165) is 17.3 Å². The second kappa shape index (κ2) is 4.51. The lowest BCUT2D eigenvalue weighted by Crippen LogP contribution is -2.16. The quantitative estimate of drug-likeness (QED) is 0.901. The van der Waals surface area contributed by atoms with Crippen LogP contribution in [0.1, 0.15) is 18.4 Å². The molecule has 1 aromatic heterocycles. The van der Waals surface area contributed by atoms with E-state index in [1.54, 1.807) is 6.20 Å². The van der Waals surface area contributed by atoms with Crippen LogP contribution in [0, 0.1) is 0 Å². The molecule has 0 atom stereocenters. The molecule has 1 N–H and O–H groups in total. The first-order chi connectivity index (χ1) is 8.33. The summed E-state index contributed by atoms with van der Waals surface area (Å²) in [6.45, 7) is 0.860. The molecule has 0 aliphatic heterocycles. The number of hydrogen-bond donors (Lipinski definition) is 1. The minimum Gasteiger partial charge on any atom is -0.310 e. The lowest BCUT2D eigenvalue weighted by Gasteiger charge is -2.11. The van der Waals surface area contributed by atoms with E-state index < -0.39 is 0 Å². The maximum absolute atomic E-state index is 6.06. The summed E-state index contributed by atoms with van der Waals surface area (Å²) in [5.74, 6) is 0. The number of nitrogens with zero attached hydrogens (tertiary/aromatic N) is 2. The molecular formula is C13H14ClN3. The van der Waals surface area contributed by atoms with Crippen LogP contribution in [0.5, 0.6) is 0 Å². The lowest BCUT2D eigenvalue weighted by atomic mass is 10.1. The number of rotatable bonds is 4. The maximum Gasteiger partial charge on any atom is 0.0991 e. The Morgan fingerprint density at radius 2 is 2.29 bits per heavy atom. The van der Waals surface area contributed by atoms with Gasteiger partial charge in [0.15, 0.2) is 0 Å². The Hall–Kier alpha value is -1.32. The summed E-state index contributed by atoms with van der Waals surface area (Å²) in [5, 5.41) is 4.29. The van der Waals surface area contributed by atoms with Gasteiger partial charge < -0.3 is 9.88 Å². The number of hydrogen-bond acceptors (Lipinski definition) is 2. The van der Waals surface area contributed by atoms with Crippen LogP contribution in [0.2, 0.25) is 5.02 Å². The van der Waals surface area contributed by atoms with Crippen LogP contribution in [-0.2, 0) is 6.54 Å². The van der Waals surface area contributed by atoms with Gasteiger partial charge in [0.1, 0.15) is 0 Å². The Labute approximate surface area is 105 Å². The zero-order valence-electron chi connectivity index (χ0n) is 9.44. The molecule has 1 aliphatic rings. The van der Waals surface area contributed by atoms with Crippen LogP contribution in [0.4, 0.5) is 0 Å². The van der Waals surface area contributed by atoms with Gasteiger partial charge in [-0.3, -0.25) is 0 Å². The Morgan fingerprint density at radius 1 is 1.41 bits per heavy atom. The Kier molecular flexibility index (Phi) is 2.87. The number of halogens is 1. The highest BCUT2D eigenvalue weighted by atomic mass is 35.5. The molecule has 0 amide bonds. The molecule has 0 radical (unpaired) electrons. The zero-order valence-corrected chi connectivity index (χ0v) is 10.2. The fraction of sp³-hybridized carbons (Fsp3) is 0.308. The Morgan fingerprint density at radius 3 is 3.00 bits per heavy atom. The predicted octanol–water partition coefficient (Wildman–Crippen LogP) is 2.78. The summed E-state index contributed by atoms with van der Waals surface area (Å²) in [5.41, 5.74) is 2.35. The monoisotopic (exact) mass is 247 g/mol. The largest absolute Gasteiger partial charge is 0.310 e. The number of aromatic nitrogens is 2. The van der Waals surface area contributed by atoms with Gasteiger partial charge in [0.25, 0.3) is 0 Å². The van der Waals surface area contributed by atoms with Crippen LogP contribution in [0.25, 0.3) is 5.69 Å². The lowest BCUT2D eigenvalue weighted by molar-refractivity contribution is 0.684. The molecule has 1 saturated carbocycles. The number of nitrogens with one attached hydrogen (secondary N) is 1. The van der Waals surface area contributed by atoms with E-state index >= 15 is 0 Å². The van der Waals surface area contributed by atoms with Gasteiger partial charge in [0, 0.05) is 30.0 Å². The van der Waals surface area contributed by atoms with E-state index in [0.29, 0.717) is 6.04 Å². The van der Waals surface area contributed by atoms with Crippen molar-refractivity contribution in [3.8, 4) is 5.69 Å². The molecule has 88 valence electrons. The van der Waals surface area contributed by atoms with Crippen LogP contribution in [0.3, 0.4) is 0 Å². The zero-order chi connectivity index (χ0) is 11.7. The van der Waals surface area contributed by atoms with Crippen molar-refractivity contribution in [2.24, 2.45) is 0 Å². The second-order valence-corrected chi connectivity index (χ2v) is 4.83. The molecule has 17 heavy (non-hydrogen) atoms. The summed E-state index contributed by atoms with van der Waals surface area (Å²) in [6, 6.07) is 6.67. The summed E-state index contributed by atoms with van der Waals surface area (Å²) in [6.07, 6.45) is 8.13. The first-order valence-electron chi connectivity index (χ1n) is 5.83. The van der Waals surface area contributed by atoms with Crippen molar-refractivity contribution in [1.82, 2.24) is 14.9 Å². The highest BCUT2D eigenvalue weighted by molar-refractivity contribution is 6.30. The summed E-state index contributed by atoms with van der Waals surface area (Å²) >= 11 is 6.06. The average Bonchev–Trinajstić information content (AvgIpc) is 3.00. The molecular weight excluding hydrogens is 234 g/mol. The van der Waals surface area contributed by atoms with Crippen LogP contribution >= 0.6 is 11.6 Å². The van der Waals surface area contributed by atoms with Crippen LogP contribution < -0.4 is 5.32 Å². The standard InChI is InChI=1S/C13H14ClN3/c14-11-1-4-13(17-6-5-15-9-17)10(7-11)8-16-12-2-3-12/h1,4-7,9,12,16H,2-3,8H2. The van der Waals surface area contributed by atoms with E-state index in [4.69, 9.17) is 11.6 Å². The first kappa shape index (κ1) is 10.8. The van der Waals surface area contributed by atoms with Crippen molar-refractivity contribution >= 4 is 11.6 Å². The fourth-order valence-electron chi connectivity index (χ4n) is 1.89. The smallest absolute Gasteiger partial charge is 0.0991 e. The van der Waals surface area contributed by atoms with E-state index in [2.05, 4.69) is 10.3 Å². The van der Waals surface area contributed by atoms with Gasteiger partial charge in [-0.05, 0) is 36.6 Å². The normalized spacial score (nSPS) is 15.1. The number of benzene rings is 1.